The second kappa shape index (κ2) is 7.53. The van der Waals surface area contributed by atoms with Crippen molar-refractivity contribution in [1.29, 1.82) is 0 Å². The van der Waals surface area contributed by atoms with E-state index in [2.05, 4.69) is 9.31 Å². The van der Waals surface area contributed by atoms with Gasteiger partial charge in [0.2, 0.25) is 11.2 Å². The average molecular weight is 409 g/mol. The maximum absolute atomic E-state index is 14.1. The molecular weight excluding hydrogens is 395 g/mol. The third-order valence-corrected chi connectivity index (χ3v) is 4.06. The van der Waals surface area contributed by atoms with E-state index < -0.39 is 59.6 Å². The lowest BCUT2D eigenvalue weighted by molar-refractivity contribution is -0.139. The molecule has 0 amide bonds. The minimum Gasteiger partial charge on any atom is -0.486 e. The average Bonchev–Trinajstić information content (AvgIpc) is 2.61. The standard InChI is InChI=1S/C17H14BF2NO8/c1-7-6-26-16-13(20)12(19)4-10-14(16)21(7)5-11(15(10)24)17(25)29-18(27-8(2)22)28-9(3)23/h4-5,7H,6H2,1-3H3/t7-/m0/s1. The zero-order chi connectivity index (χ0) is 21.5. The third kappa shape index (κ3) is 3.77. The number of hydrogen-bond donors (Lipinski definition) is 0. The Bertz CT molecular complexity index is 1080. The van der Waals surface area contributed by atoms with Crippen LogP contribution in [-0.2, 0) is 23.6 Å². The number of ether oxygens (including phenoxy) is 1. The maximum atomic E-state index is 14.1. The summed E-state index contributed by atoms with van der Waals surface area (Å²) in [6, 6.07) is 0.223. The minimum atomic E-state index is -2.02. The molecule has 1 atom stereocenters. The highest BCUT2D eigenvalue weighted by molar-refractivity contribution is 6.44. The summed E-state index contributed by atoms with van der Waals surface area (Å²) >= 11 is 0. The summed E-state index contributed by atoms with van der Waals surface area (Å²) < 4.78 is 48.5. The SMILES string of the molecule is CC(=O)OB(OC(C)=O)OC(=O)c1cn2c3c(c(F)c(F)cc3c1=O)OC[C@@H]2C. The zero-order valence-electron chi connectivity index (χ0n) is 15.5. The van der Waals surface area contributed by atoms with Gasteiger partial charge in [-0.15, -0.1) is 0 Å². The van der Waals surface area contributed by atoms with Crippen LogP contribution in [0.25, 0.3) is 10.9 Å². The zero-order valence-corrected chi connectivity index (χ0v) is 15.5. The molecule has 0 spiro atoms. The van der Waals surface area contributed by atoms with Gasteiger partial charge in [-0.2, -0.15) is 4.39 Å². The number of halogens is 2. The van der Waals surface area contributed by atoms with Crippen LogP contribution in [0.2, 0.25) is 0 Å². The van der Waals surface area contributed by atoms with E-state index in [9.17, 15) is 28.0 Å². The summed E-state index contributed by atoms with van der Waals surface area (Å²) in [6.07, 6.45) is 1.10. The fraction of sp³-hybridized carbons (Fsp3) is 0.294. The van der Waals surface area contributed by atoms with Crippen molar-refractivity contribution in [1.82, 2.24) is 4.57 Å². The van der Waals surface area contributed by atoms with Gasteiger partial charge in [-0.3, -0.25) is 14.4 Å². The fourth-order valence-electron chi connectivity index (χ4n) is 2.83. The Labute approximate surface area is 162 Å². The molecule has 0 fully saturated rings. The molecule has 0 unspecified atom stereocenters. The molecule has 1 aromatic heterocycles. The Morgan fingerprint density at radius 3 is 2.38 bits per heavy atom. The van der Waals surface area contributed by atoms with Crippen LogP contribution in [0.5, 0.6) is 5.75 Å². The Morgan fingerprint density at radius 1 is 1.17 bits per heavy atom. The minimum absolute atomic E-state index is 0.0132. The Hall–Kier alpha value is -3.44. The highest BCUT2D eigenvalue weighted by Gasteiger charge is 2.36. The van der Waals surface area contributed by atoms with Gasteiger partial charge in [0.25, 0.3) is 11.9 Å². The summed E-state index contributed by atoms with van der Waals surface area (Å²) in [5.41, 5.74) is -1.54. The molecule has 0 saturated carbocycles. The Balaban J connectivity index is 2.11. The second-order valence-corrected chi connectivity index (χ2v) is 6.25. The van der Waals surface area contributed by atoms with Crippen molar-refractivity contribution in [3.63, 3.8) is 0 Å². The number of rotatable bonds is 4. The summed E-state index contributed by atoms with van der Waals surface area (Å²) in [6.45, 7) is 3.60. The first-order valence-corrected chi connectivity index (χ1v) is 8.35. The van der Waals surface area contributed by atoms with E-state index in [4.69, 9.17) is 9.39 Å². The van der Waals surface area contributed by atoms with Crippen molar-refractivity contribution in [2.45, 2.75) is 26.8 Å². The number of carbonyl (C=O) groups is 3. The lowest BCUT2D eigenvalue weighted by atomic mass is 10.1. The van der Waals surface area contributed by atoms with Gasteiger partial charge in [-0.05, 0) is 13.0 Å². The van der Waals surface area contributed by atoms with Crippen LogP contribution >= 0.6 is 0 Å². The molecule has 2 aromatic rings. The smallest absolute Gasteiger partial charge is 0.486 e. The number of carbonyl (C=O) groups excluding carboxylic acids is 3. The maximum Gasteiger partial charge on any atom is 0.870 e. The van der Waals surface area contributed by atoms with Crippen LogP contribution in [0.3, 0.4) is 0 Å². The highest BCUT2D eigenvalue weighted by atomic mass is 19.2. The van der Waals surface area contributed by atoms with Crippen molar-refractivity contribution < 1.29 is 41.9 Å². The molecule has 0 saturated heterocycles. The first kappa shape index (κ1) is 20.3. The first-order chi connectivity index (χ1) is 13.6. The second-order valence-electron chi connectivity index (χ2n) is 6.25. The number of nitrogens with zero attached hydrogens (tertiary/aromatic N) is 1. The molecule has 29 heavy (non-hydrogen) atoms. The van der Waals surface area contributed by atoms with E-state index in [-0.39, 0.29) is 17.5 Å². The topological polar surface area (TPSA) is 110 Å². The molecule has 1 aliphatic heterocycles. The van der Waals surface area contributed by atoms with Gasteiger partial charge < -0.3 is 23.3 Å². The summed E-state index contributed by atoms with van der Waals surface area (Å²) in [7, 11) is -2.02. The first-order valence-electron chi connectivity index (χ1n) is 8.35. The van der Waals surface area contributed by atoms with Gasteiger partial charge in [-0.1, -0.05) is 0 Å². The largest absolute Gasteiger partial charge is 0.870 e. The quantitative estimate of drug-likeness (QED) is 0.699. The fourth-order valence-corrected chi connectivity index (χ4v) is 2.83. The number of hydrogen-bond acceptors (Lipinski definition) is 8. The van der Waals surface area contributed by atoms with Crippen LogP contribution in [-0.4, -0.2) is 36.4 Å². The lowest BCUT2D eigenvalue weighted by Gasteiger charge is -2.27. The molecule has 1 aromatic carbocycles. The van der Waals surface area contributed by atoms with Crippen molar-refractivity contribution >= 4 is 36.1 Å². The van der Waals surface area contributed by atoms with Gasteiger partial charge in [-0.25, -0.2) is 9.18 Å². The van der Waals surface area contributed by atoms with Crippen LogP contribution in [0, 0.1) is 11.6 Å². The molecule has 9 nitrogen and oxygen atoms in total. The van der Waals surface area contributed by atoms with Crippen molar-refractivity contribution in [2.24, 2.45) is 0 Å². The Kier molecular flexibility index (Phi) is 5.27. The van der Waals surface area contributed by atoms with Gasteiger partial charge in [0, 0.05) is 20.0 Å². The summed E-state index contributed by atoms with van der Waals surface area (Å²) in [4.78, 5) is 47.4. The van der Waals surface area contributed by atoms with Crippen LogP contribution in [0.1, 0.15) is 37.2 Å². The van der Waals surface area contributed by atoms with E-state index >= 15 is 0 Å². The van der Waals surface area contributed by atoms with Gasteiger partial charge in [0.15, 0.2) is 11.6 Å². The van der Waals surface area contributed by atoms with Gasteiger partial charge >= 0.3 is 13.3 Å². The number of pyridine rings is 1. The molecule has 0 aliphatic carbocycles. The van der Waals surface area contributed by atoms with Crippen LogP contribution in [0.15, 0.2) is 17.1 Å². The van der Waals surface area contributed by atoms with Crippen molar-refractivity contribution in [3.8, 4) is 5.75 Å². The van der Waals surface area contributed by atoms with E-state index in [1.165, 1.54) is 4.57 Å². The summed E-state index contributed by atoms with van der Waals surface area (Å²) in [5, 5.41) is -0.309. The van der Waals surface area contributed by atoms with Gasteiger partial charge in [0.1, 0.15) is 12.2 Å². The summed E-state index contributed by atoms with van der Waals surface area (Å²) in [5.74, 6) is -6.14. The molecule has 12 heteroatoms. The third-order valence-electron chi connectivity index (χ3n) is 4.06. The highest BCUT2D eigenvalue weighted by Crippen LogP contribution is 2.35. The molecular formula is C17H14BF2NO8. The van der Waals surface area contributed by atoms with E-state index in [1.54, 1.807) is 6.92 Å². The van der Waals surface area contributed by atoms with E-state index in [1.807, 2.05) is 0 Å². The number of benzene rings is 1. The number of aromatic nitrogens is 1. The molecule has 0 N–H and O–H groups in total. The normalized spacial score (nSPS) is 14.7. The van der Waals surface area contributed by atoms with Crippen LogP contribution < -0.4 is 10.2 Å². The molecule has 0 radical (unpaired) electrons. The molecule has 152 valence electrons. The van der Waals surface area contributed by atoms with E-state index in [0.29, 0.717) is 6.07 Å². The molecule has 1 aliphatic rings. The molecule has 0 bridgehead atoms. The predicted octanol–water partition coefficient (Wildman–Crippen LogP) is 1.50. The Morgan fingerprint density at radius 2 is 1.79 bits per heavy atom. The monoisotopic (exact) mass is 409 g/mol. The van der Waals surface area contributed by atoms with E-state index in [0.717, 1.165) is 20.0 Å². The molecule has 3 rings (SSSR count). The lowest BCUT2D eigenvalue weighted by Crippen LogP contribution is -2.35. The molecule has 2 heterocycles. The van der Waals surface area contributed by atoms with Crippen LogP contribution in [0.4, 0.5) is 8.78 Å². The van der Waals surface area contributed by atoms with Crippen molar-refractivity contribution in [3.05, 3.63) is 39.7 Å². The van der Waals surface area contributed by atoms with Gasteiger partial charge in [0.05, 0.1) is 16.9 Å². The predicted molar refractivity (Wildman–Crippen MR) is 93.0 cm³/mol. The van der Waals surface area contributed by atoms with Crippen molar-refractivity contribution in [2.75, 3.05) is 6.61 Å².